The highest BCUT2D eigenvalue weighted by molar-refractivity contribution is 7.80. The van der Waals surface area contributed by atoms with Crippen LogP contribution in [-0.2, 0) is 0 Å². The molecule has 0 aliphatic heterocycles. The Morgan fingerprint density at radius 1 is 1.25 bits per heavy atom. The van der Waals surface area contributed by atoms with Crippen LogP contribution in [-0.4, -0.2) is 27.1 Å². The molecule has 2 fully saturated rings. The van der Waals surface area contributed by atoms with E-state index in [0.717, 1.165) is 5.92 Å². The fraction of sp³-hybridized carbons (Fsp3) is 0.556. The number of nitrogens with zero attached hydrogens (tertiary/aromatic N) is 1. The molecule has 5 nitrogen and oxygen atoms in total. The summed E-state index contributed by atoms with van der Waals surface area (Å²) < 4.78 is 0. The smallest absolute Gasteiger partial charge is 0.187 e. The SMILES string of the molecule is CC1(C)[C@@H]2CC[C@H](C2)[C@@]1(C)NC(=S)N/N=C/c1ccc(O)cc1O. The van der Waals surface area contributed by atoms with Crippen LogP contribution < -0.4 is 10.7 Å². The van der Waals surface area contributed by atoms with Crippen LogP contribution in [0.3, 0.4) is 0 Å². The fourth-order valence-corrected chi connectivity index (χ4v) is 4.70. The van der Waals surface area contributed by atoms with Crippen molar-refractivity contribution in [3.05, 3.63) is 23.8 Å². The van der Waals surface area contributed by atoms with Gasteiger partial charge in [0.1, 0.15) is 11.5 Å². The van der Waals surface area contributed by atoms with Crippen LogP contribution >= 0.6 is 12.2 Å². The summed E-state index contributed by atoms with van der Waals surface area (Å²) in [7, 11) is 0. The number of benzene rings is 1. The average Bonchev–Trinajstić information content (AvgIpc) is 3.05. The molecule has 2 saturated carbocycles. The Hall–Kier alpha value is -1.82. The van der Waals surface area contributed by atoms with E-state index >= 15 is 0 Å². The van der Waals surface area contributed by atoms with Crippen molar-refractivity contribution in [3.8, 4) is 11.5 Å². The van der Waals surface area contributed by atoms with Gasteiger partial charge in [-0.25, -0.2) is 0 Å². The van der Waals surface area contributed by atoms with Crippen LogP contribution in [0.15, 0.2) is 23.3 Å². The van der Waals surface area contributed by atoms with E-state index < -0.39 is 0 Å². The van der Waals surface area contributed by atoms with Crippen molar-refractivity contribution >= 4 is 23.5 Å². The number of hydrogen-bond donors (Lipinski definition) is 4. The molecule has 0 unspecified atom stereocenters. The van der Waals surface area contributed by atoms with Crippen LogP contribution in [0, 0.1) is 17.3 Å². The number of thiocarbonyl (C=S) groups is 1. The Morgan fingerprint density at radius 3 is 2.58 bits per heavy atom. The second-order valence-corrected chi connectivity index (χ2v) is 8.11. The number of phenols is 2. The Bertz CT molecular complexity index is 689. The zero-order valence-electron chi connectivity index (χ0n) is 14.3. The van der Waals surface area contributed by atoms with Gasteiger partial charge in [-0.1, -0.05) is 13.8 Å². The molecule has 0 saturated heterocycles. The van der Waals surface area contributed by atoms with Gasteiger partial charge in [0.05, 0.1) is 6.21 Å². The number of fused-ring (bicyclic) bond motifs is 2. The minimum absolute atomic E-state index is 0.0150. The van der Waals surface area contributed by atoms with E-state index in [-0.39, 0.29) is 22.5 Å². The third kappa shape index (κ3) is 2.73. The highest BCUT2D eigenvalue weighted by Gasteiger charge is 2.60. The lowest BCUT2D eigenvalue weighted by molar-refractivity contribution is 0.0833. The van der Waals surface area contributed by atoms with Gasteiger partial charge in [0.25, 0.3) is 0 Å². The fourth-order valence-electron chi connectivity index (χ4n) is 4.44. The number of phenolic OH excluding ortho intramolecular Hbond substituents is 2. The standard InChI is InChI=1S/C18H25N3O2S/c1-17(2)12-5-6-13(8-12)18(17,3)20-16(24)21-19-10-11-4-7-14(22)9-15(11)23/h4,7,9-10,12-13,22-23H,5-6,8H2,1-3H3,(H2,20,21,24)/b19-10+/t12-,13-,18-/m1/s1. The summed E-state index contributed by atoms with van der Waals surface area (Å²) in [5.74, 6) is 1.38. The summed E-state index contributed by atoms with van der Waals surface area (Å²) in [4.78, 5) is 0. The summed E-state index contributed by atoms with van der Waals surface area (Å²) in [6, 6.07) is 4.36. The first-order valence-corrected chi connectivity index (χ1v) is 8.78. The molecule has 1 aromatic rings. The van der Waals surface area contributed by atoms with Gasteiger partial charge in [0.15, 0.2) is 5.11 Å². The molecular formula is C18H25N3O2S. The highest BCUT2D eigenvalue weighted by atomic mass is 32.1. The maximum Gasteiger partial charge on any atom is 0.187 e. The third-order valence-electron chi connectivity index (χ3n) is 6.37. The Kier molecular flexibility index (Phi) is 4.20. The van der Waals surface area contributed by atoms with Gasteiger partial charge in [-0.15, -0.1) is 0 Å². The first-order valence-electron chi connectivity index (χ1n) is 8.37. The largest absolute Gasteiger partial charge is 0.508 e. The molecule has 1 aromatic carbocycles. The van der Waals surface area contributed by atoms with E-state index in [1.54, 1.807) is 6.07 Å². The molecule has 0 heterocycles. The lowest BCUT2D eigenvalue weighted by Crippen LogP contribution is -2.60. The molecule has 3 atom stereocenters. The monoisotopic (exact) mass is 347 g/mol. The lowest BCUT2D eigenvalue weighted by atomic mass is 9.64. The van der Waals surface area contributed by atoms with Crippen LogP contribution in [0.1, 0.15) is 45.6 Å². The number of nitrogens with one attached hydrogen (secondary N) is 2. The van der Waals surface area contributed by atoms with Crippen LogP contribution in [0.5, 0.6) is 11.5 Å². The summed E-state index contributed by atoms with van der Waals surface area (Å²) in [5, 5.41) is 27.1. The summed E-state index contributed by atoms with van der Waals surface area (Å²) in [5.41, 5.74) is 3.51. The van der Waals surface area contributed by atoms with Crippen LogP contribution in [0.25, 0.3) is 0 Å². The molecule has 24 heavy (non-hydrogen) atoms. The quantitative estimate of drug-likeness (QED) is 0.384. The minimum atomic E-state index is -0.0316. The van der Waals surface area contributed by atoms with Crippen molar-refractivity contribution in [3.63, 3.8) is 0 Å². The third-order valence-corrected chi connectivity index (χ3v) is 6.56. The molecule has 2 aliphatic carbocycles. The van der Waals surface area contributed by atoms with Crippen molar-refractivity contribution in [1.82, 2.24) is 10.7 Å². The van der Waals surface area contributed by atoms with E-state index in [1.165, 1.54) is 37.6 Å². The maximum absolute atomic E-state index is 9.74. The highest BCUT2D eigenvalue weighted by Crippen LogP contribution is 2.61. The molecule has 0 amide bonds. The van der Waals surface area contributed by atoms with Gasteiger partial charge in [-0.2, -0.15) is 5.10 Å². The minimum Gasteiger partial charge on any atom is -0.508 e. The van der Waals surface area contributed by atoms with Gasteiger partial charge in [-0.3, -0.25) is 5.43 Å². The van der Waals surface area contributed by atoms with E-state index in [0.29, 0.717) is 16.6 Å². The van der Waals surface area contributed by atoms with Gasteiger partial charge in [0.2, 0.25) is 0 Å². The number of hydrazone groups is 1. The summed E-state index contributed by atoms with van der Waals surface area (Å²) >= 11 is 5.41. The first kappa shape index (κ1) is 17.0. The zero-order valence-corrected chi connectivity index (χ0v) is 15.2. The Morgan fingerprint density at radius 2 is 1.96 bits per heavy atom. The van der Waals surface area contributed by atoms with Crippen molar-refractivity contribution in [1.29, 1.82) is 0 Å². The van der Waals surface area contributed by atoms with Crippen LogP contribution in [0.2, 0.25) is 0 Å². The molecule has 2 aliphatic rings. The topological polar surface area (TPSA) is 76.9 Å². The normalized spacial score (nSPS) is 30.6. The first-order chi connectivity index (χ1) is 11.2. The Balaban J connectivity index is 1.63. The molecular weight excluding hydrogens is 322 g/mol. The summed E-state index contributed by atoms with van der Waals surface area (Å²) in [6.45, 7) is 6.91. The van der Waals surface area contributed by atoms with Gasteiger partial charge < -0.3 is 15.5 Å². The number of hydrogen-bond acceptors (Lipinski definition) is 4. The molecule has 3 rings (SSSR count). The van der Waals surface area contributed by atoms with E-state index in [2.05, 4.69) is 36.6 Å². The molecule has 130 valence electrons. The second kappa shape index (κ2) is 5.92. The predicted molar refractivity (Wildman–Crippen MR) is 99.3 cm³/mol. The van der Waals surface area contributed by atoms with Crippen LogP contribution in [0.4, 0.5) is 0 Å². The average molecular weight is 347 g/mol. The van der Waals surface area contributed by atoms with Crippen molar-refractivity contribution in [2.24, 2.45) is 22.4 Å². The number of rotatable bonds is 3. The predicted octanol–water partition coefficient (Wildman–Crippen LogP) is 3.11. The van der Waals surface area contributed by atoms with Crippen molar-refractivity contribution in [2.45, 2.75) is 45.6 Å². The van der Waals surface area contributed by atoms with E-state index in [9.17, 15) is 10.2 Å². The molecule has 0 aromatic heterocycles. The van der Waals surface area contributed by atoms with Gasteiger partial charge in [0, 0.05) is 17.2 Å². The second-order valence-electron chi connectivity index (χ2n) is 7.70. The van der Waals surface area contributed by atoms with E-state index in [1.807, 2.05) is 0 Å². The maximum atomic E-state index is 9.74. The zero-order chi connectivity index (χ0) is 17.5. The molecule has 0 spiro atoms. The molecule has 6 heteroatoms. The summed E-state index contributed by atoms with van der Waals surface area (Å²) in [6.07, 6.45) is 5.32. The van der Waals surface area contributed by atoms with Gasteiger partial charge in [-0.05, 0) is 67.8 Å². The molecule has 4 N–H and O–H groups in total. The van der Waals surface area contributed by atoms with E-state index in [4.69, 9.17) is 12.2 Å². The van der Waals surface area contributed by atoms with Gasteiger partial charge >= 0.3 is 0 Å². The molecule has 2 bridgehead atoms. The number of aromatic hydroxyl groups is 2. The molecule has 0 radical (unpaired) electrons. The lowest BCUT2D eigenvalue weighted by Gasteiger charge is -2.48. The Labute approximate surface area is 148 Å². The van der Waals surface area contributed by atoms with Crippen molar-refractivity contribution < 1.29 is 10.2 Å². The van der Waals surface area contributed by atoms with Crippen molar-refractivity contribution in [2.75, 3.05) is 0 Å².